The van der Waals surface area contributed by atoms with Crippen LogP contribution in [0.1, 0.15) is 10.6 Å². The number of thiazole rings is 1. The minimum atomic E-state index is 0.0566. The molecule has 0 saturated heterocycles. The summed E-state index contributed by atoms with van der Waals surface area (Å²) in [5.74, 6) is 0. The second kappa shape index (κ2) is 4.91. The summed E-state index contributed by atoms with van der Waals surface area (Å²) in [5, 5.41) is 15.4. The van der Waals surface area contributed by atoms with E-state index in [9.17, 15) is 0 Å². The number of benzene rings is 1. The fraction of sp³-hybridized carbons (Fsp3) is 0.182. The number of anilines is 1. The van der Waals surface area contributed by atoms with E-state index in [2.05, 4.69) is 10.3 Å². The third-order valence-electron chi connectivity index (χ3n) is 2.10. The Bertz CT molecular complexity index is 414. The van der Waals surface area contributed by atoms with Crippen LogP contribution in [0.15, 0.2) is 35.8 Å². The molecule has 1 heterocycles. The summed E-state index contributed by atoms with van der Waals surface area (Å²) >= 11 is 1.62. The van der Waals surface area contributed by atoms with E-state index < -0.39 is 0 Å². The van der Waals surface area contributed by atoms with Crippen LogP contribution in [-0.4, -0.2) is 10.1 Å². The molecule has 0 fully saturated rings. The summed E-state index contributed by atoms with van der Waals surface area (Å²) < 4.78 is 0. The Labute approximate surface area is 92.4 Å². The number of aromatic nitrogens is 1. The lowest BCUT2D eigenvalue weighted by Gasteiger charge is -2.08. The van der Waals surface area contributed by atoms with Gasteiger partial charge in [0.15, 0.2) is 0 Å². The predicted octanol–water partition coefficient (Wildman–Crippen LogP) is 2.25. The summed E-state index contributed by atoms with van der Waals surface area (Å²) in [6, 6.07) is 7.73. The Morgan fingerprint density at radius 1 is 1.33 bits per heavy atom. The van der Waals surface area contributed by atoms with Gasteiger partial charge in [0.25, 0.3) is 0 Å². The molecule has 1 aromatic carbocycles. The molecule has 15 heavy (non-hydrogen) atoms. The van der Waals surface area contributed by atoms with Gasteiger partial charge in [0.1, 0.15) is 5.01 Å². The molecule has 3 nitrogen and oxygen atoms in total. The summed E-state index contributed by atoms with van der Waals surface area (Å²) in [7, 11) is 0. The smallest absolute Gasteiger partial charge is 0.112 e. The van der Waals surface area contributed by atoms with Crippen molar-refractivity contribution in [1.82, 2.24) is 4.98 Å². The van der Waals surface area contributed by atoms with Crippen LogP contribution >= 0.6 is 11.3 Å². The fourth-order valence-corrected chi connectivity index (χ4v) is 1.90. The summed E-state index contributed by atoms with van der Waals surface area (Å²) in [5.41, 5.74) is 1.88. The molecule has 2 rings (SSSR count). The van der Waals surface area contributed by atoms with Crippen LogP contribution in [0.4, 0.5) is 5.69 Å². The maximum absolute atomic E-state index is 9.12. The number of aliphatic hydroxyl groups is 1. The van der Waals surface area contributed by atoms with E-state index in [1.54, 1.807) is 17.5 Å². The van der Waals surface area contributed by atoms with Gasteiger partial charge < -0.3 is 10.4 Å². The Hall–Kier alpha value is -1.39. The molecule has 4 heteroatoms. The highest BCUT2D eigenvalue weighted by molar-refractivity contribution is 7.09. The Morgan fingerprint density at radius 2 is 2.20 bits per heavy atom. The van der Waals surface area contributed by atoms with Crippen molar-refractivity contribution in [3.63, 3.8) is 0 Å². The number of para-hydroxylation sites is 1. The maximum atomic E-state index is 9.12. The van der Waals surface area contributed by atoms with Gasteiger partial charge in [-0.05, 0) is 6.07 Å². The van der Waals surface area contributed by atoms with Gasteiger partial charge in [-0.1, -0.05) is 18.2 Å². The second-order valence-electron chi connectivity index (χ2n) is 3.09. The van der Waals surface area contributed by atoms with Crippen molar-refractivity contribution in [2.24, 2.45) is 0 Å². The van der Waals surface area contributed by atoms with Crippen LogP contribution in [0.2, 0.25) is 0 Å². The summed E-state index contributed by atoms with van der Waals surface area (Å²) in [6.45, 7) is 0.760. The average molecular weight is 220 g/mol. The number of hydrogen-bond donors (Lipinski definition) is 2. The van der Waals surface area contributed by atoms with Crippen molar-refractivity contribution in [3.05, 3.63) is 46.4 Å². The molecule has 0 saturated carbocycles. The van der Waals surface area contributed by atoms with Crippen molar-refractivity contribution >= 4 is 17.0 Å². The van der Waals surface area contributed by atoms with E-state index in [0.717, 1.165) is 16.3 Å². The minimum absolute atomic E-state index is 0.0566. The van der Waals surface area contributed by atoms with Crippen LogP contribution < -0.4 is 5.32 Å². The van der Waals surface area contributed by atoms with Crippen molar-refractivity contribution in [2.45, 2.75) is 13.2 Å². The van der Waals surface area contributed by atoms with Crippen molar-refractivity contribution < 1.29 is 5.11 Å². The first-order chi connectivity index (χ1) is 7.40. The van der Waals surface area contributed by atoms with Crippen LogP contribution in [-0.2, 0) is 13.2 Å². The highest BCUT2D eigenvalue weighted by Gasteiger charge is 2.00. The molecule has 2 N–H and O–H groups in total. The Kier molecular flexibility index (Phi) is 3.32. The van der Waals surface area contributed by atoms with Crippen LogP contribution in [0.3, 0.4) is 0 Å². The molecule has 0 radical (unpaired) electrons. The van der Waals surface area contributed by atoms with Crippen molar-refractivity contribution in [3.8, 4) is 0 Å². The van der Waals surface area contributed by atoms with Gasteiger partial charge >= 0.3 is 0 Å². The van der Waals surface area contributed by atoms with E-state index in [0.29, 0.717) is 6.54 Å². The third kappa shape index (κ3) is 2.55. The summed E-state index contributed by atoms with van der Waals surface area (Å²) in [6.07, 6.45) is 1.79. The number of nitrogens with zero attached hydrogens (tertiary/aromatic N) is 1. The van der Waals surface area contributed by atoms with E-state index >= 15 is 0 Å². The number of rotatable bonds is 4. The maximum Gasteiger partial charge on any atom is 0.112 e. The predicted molar refractivity (Wildman–Crippen MR) is 61.8 cm³/mol. The largest absolute Gasteiger partial charge is 0.392 e. The van der Waals surface area contributed by atoms with Crippen molar-refractivity contribution in [1.29, 1.82) is 0 Å². The Balaban J connectivity index is 2.04. The van der Waals surface area contributed by atoms with Gasteiger partial charge in [-0.3, -0.25) is 0 Å². The standard InChI is InChI=1S/C11H12N2OS/c14-8-9-3-1-2-4-10(9)13-7-11-12-5-6-15-11/h1-6,13-14H,7-8H2. The Morgan fingerprint density at radius 3 is 2.93 bits per heavy atom. The van der Waals surface area contributed by atoms with Gasteiger partial charge in [-0.2, -0.15) is 0 Å². The van der Waals surface area contributed by atoms with E-state index in [1.807, 2.05) is 29.6 Å². The summed E-state index contributed by atoms with van der Waals surface area (Å²) in [4.78, 5) is 4.18. The van der Waals surface area contributed by atoms with E-state index in [-0.39, 0.29) is 6.61 Å². The first-order valence-corrected chi connectivity index (χ1v) is 5.59. The first-order valence-electron chi connectivity index (χ1n) is 4.71. The van der Waals surface area contributed by atoms with Gasteiger partial charge in [0.2, 0.25) is 0 Å². The first kappa shape index (κ1) is 10.1. The number of nitrogens with one attached hydrogen (secondary N) is 1. The van der Waals surface area contributed by atoms with Crippen LogP contribution in [0, 0.1) is 0 Å². The molecule has 2 aromatic rings. The fourth-order valence-electron chi connectivity index (χ4n) is 1.34. The van der Waals surface area contributed by atoms with Gasteiger partial charge in [0, 0.05) is 22.8 Å². The highest BCUT2D eigenvalue weighted by Crippen LogP contribution is 2.16. The lowest BCUT2D eigenvalue weighted by molar-refractivity contribution is 0.282. The third-order valence-corrected chi connectivity index (χ3v) is 2.88. The average Bonchev–Trinajstić information content (AvgIpc) is 2.79. The molecule has 0 bridgehead atoms. The van der Waals surface area contributed by atoms with E-state index in [1.165, 1.54) is 0 Å². The molecular formula is C11H12N2OS. The molecule has 0 aliphatic heterocycles. The van der Waals surface area contributed by atoms with Gasteiger partial charge in [0.05, 0.1) is 13.2 Å². The van der Waals surface area contributed by atoms with Gasteiger partial charge in [-0.15, -0.1) is 11.3 Å². The SMILES string of the molecule is OCc1ccccc1NCc1nccs1. The highest BCUT2D eigenvalue weighted by atomic mass is 32.1. The molecule has 0 amide bonds. The zero-order chi connectivity index (χ0) is 10.5. The normalized spacial score (nSPS) is 10.2. The molecule has 0 unspecified atom stereocenters. The zero-order valence-corrected chi connectivity index (χ0v) is 9.00. The van der Waals surface area contributed by atoms with Gasteiger partial charge in [-0.25, -0.2) is 4.98 Å². The minimum Gasteiger partial charge on any atom is -0.392 e. The molecule has 0 spiro atoms. The molecule has 0 atom stereocenters. The molecule has 1 aromatic heterocycles. The molecular weight excluding hydrogens is 208 g/mol. The lowest BCUT2D eigenvalue weighted by atomic mass is 10.2. The topological polar surface area (TPSA) is 45.1 Å². The van der Waals surface area contributed by atoms with E-state index in [4.69, 9.17) is 5.11 Å². The number of hydrogen-bond acceptors (Lipinski definition) is 4. The molecule has 78 valence electrons. The van der Waals surface area contributed by atoms with Crippen LogP contribution in [0.5, 0.6) is 0 Å². The molecule has 0 aliphatic rings. The monoisotopic (exact) mass is 220 g/mol. The molecule has 0 aliphatic carbocycles. The zero-order valence-electron chi connectivity index (χ0n) is 8.18. The quantitative estimate of drug-likeness (QED) is 0.830. The lowest BCUT2D eigenvalue weighted by Crippen LogP contribution is -2.01. The number of aliphatic hydroxyl groups excluding tert-OH is 1. The van der Waals surface area contributed by atoms with Crippen LogP contribution in [0.25, 0.3) is 0 Å². The van der Waals surface area contributed by atoms with Crippen molar-refractivity contribution in [2.75, 3.05) is 5.32 Å². The second-order valence-corrected chi connectivity index (χ2v) is 4.07.